The van der Waals surface area contributed by atoms with Gasteiger partial charge in [-0.2, -0.15) is 0 Å². The van der Waals surface area contributed by atoms with Gasteiger partial charge in [-0.25, -0.2) is 0 Å². The largest absolute Gasteiger partial charge is 0.309 e. The Morgan fingerprint density at radius 3 is 2.02 bits per heavy atom. The topological polar surface area (TPSA) is 9.86 Å². The van der Waals surface area contributed by atoms with Crippen molar-refractivity contribution in [3.63, 3.8) is 0 Å². The summed E-state index contributed by atoms with van der Waals surface area (Å²) in [6.45, 7) is 5.95. The summed E-state index contributed by atoms with van der Waals surface area (Å²) in [6.07, 6.45) is 8.09. The van der Waals surface area contributed by atoms with Crippen molar-refractivity contribution in [3.8, 4) is 11.4 Å². The zero-order chi connectivity index (χ0) is 28.9. The van der Waals surface area contributed by atoms with Crippen LogP contribution in [0.3, 0.4) is 0 Å². The van der Waals surface area contributed by atoms with Gasteiger partial charge in [0.2, 0.25) is 0 Å². The molecule has 0 bridgehead atoms. The third-order valence-electron chi connectivity index (χ3n) is 8.56. The lowest BCUT2D eigenvalue weighted by Gasteiger charge is -2.11. The van der Waals surface area contributed by atoms with Gasteiger partial charge in [-0.3, -0.25) is 0 Å². The lowest BCUT2D eigenvalue weighted by Crippen LogP contribution is -1.96. The van der Waals surface area contributed by atoms with Gasteiger partial charge in [-0.15, -0.1) is 0 Å². The molecule has 0 aliphatic carbocycles. The normalized spacial score (nSPS) is 12.4. The summed E-state index contributed by atoms with van der Waals surface area (Å²) in [5.41, 5.74) is 9.47. The Morgan fingerprint density at radius 2 is 1.26 bits per heavy atom. The van der Waals surface area contributed by atoms with E-state index in [0.29, 0.717) is 0 Å². The maximum absolute atomic E-state index is 3.90. The molecular weight excluding hydrogens is 520 g/mol. The number of fused-ring (bicyclic) bond motifs is 8. The predicted molar refractivity (Wildman–Crippen MR) is 186 cm³/mol. The molecule has 0 aliphatic heterocycles. The number of benzene rings is 6. The molecule has 0 N–H and O–H groups in total. The molecule has 8 aromatic rings. The van der Waals surface area contributed by atoms with Crippen LogP contribution in [0.15, 0.2) is 158 Å². The maximum atomic E-state index is 3.90. The second kappa shape index (κ2) is 10.0. The first kappa shape index (κ1) is 25.1. The van der Waals surface area contributed by atoms with E-state index in [2.05, 4.69) is 161 Å². The third kappa shape index (κ3) is 3.88. The molecule has 0 saturated heterocycles. The van der Waals surface area contributed by atoms with Crippen molar-refractivity contribution >= 4 is 60.0 Å². The average Bonchev–Trinajstić information content (AvgIpc) is 3.57. The molecule has 6 aromatic carbocycles. The van der Waals surface area contributed by atoms with Crippen molar-refractivity contribution < 1.29 is 0 Å². The highest BCUT2D eigenvalue weighted by Gasteiger charge is 2.20. The first-order valence-electron chi connectivity index (χ1n) is 14.8. The summed E-state index contributed by atoms with van der Waals surface area (Å²) < 4.78 is 4.87. The van der Waals surface area contributed by atoms with E-state index < -0.39 is 0 Å². The first-order chi connectivity index (χ1) is 21.3. The molecule has 2 nitrogen and oxygen atoms in total. The van der Waals surface area contributed by atoms with Gasteiger partial charge < -0.3 is 9.13 Å². The van der Waals surface area contributed by atoms with E-state index in [9.17, 15) is 0 Å². The Bertz CT molecular complexity index is 2410. The molecular formula is C41H30N2. The monoisotopic (exact) mass is 550 g/mol. The number of hydrogen-bond donors (Lipinski definition) is 0. The summed E-state index contributed by atoms with van der Waals surface area (Å²) in [5.74, 6) is 0. The summed E-state index contributed by atoms with van der Waals surface area (Å²) in [6, 6.07) is 46.4. The fraction of sp³-hybridized carbons (Fsp3) is 0.0244. The second-order valence-electron chi connectivity index (χ2n) is 11.0. The van der Waals surface area contributed by atoms with Gasteiger partial charge >= 0.3 is 0 Å². The molecule has 204 valence electrons. The lowest BCUT2D eigenvalue weighted by molar-refractivity contribution is 1.17. The SMILES string of the molecule is C=C/C=C(\C=C/C)c1ccc(-n2c3ccccc3c3c2ccc2c4ccccc4n(-c4ccc5ccccc5c4)c23)cc1. The Balaban J connectivity index is 1.46. The van der Waals surface area contributed by atoms with Crippen molar-refractivity contribution in [2.75, 3.05) is 0 Å². The van der Waals surface area contributed by atoms with E-state index in [1.165, 1.54) is 65.6 Å². The van der Waals surface area contributed by atoms with Crippen LogP contribution in [-0.4, -0.2) is 9.13 Å². The molecule has 0 atom stereocenters. The Kier molecular flexibility index (Phi) is 5.87. The van der Waals surface area contributed by atoms with Gasteiger partial charge in [-0.1, -0.05) is 116 Å². The van der Waals surface area contributed by atoms with Crippen LogP contribution in [0.5, 0.6) is 0 Å². The van der Waals surface area contributed by atoms with Gasteiger partial charge in [0.15, 0.2) is 0 Å². The number of nitrogens with zero attached hydrogens (tertiary/aromatic N) is 2. The summed E-state index contributed by atoms with van der Waals surface area (Å²) >= 11 is 0. The molecule has 0 spiro atoms. The van der Waals surface area contributed by atoms with Crippen LogP contribution >= 0.6 is 0 Å². The molecule has 0 unspecified atom stereocenters. The smallest absolute Gasteiger partial charge is 0.0641 e. The van der Waals surface area contributed by atoms with Crippen LogP contribution in [0.4, 0.5) is 0 Å². The minimum absolute atomic E-state index is 1.14. The fourth-order valence-corrected chi connectivity index (χ4v) is 6.73. The van der Waals surface area contributed by atoms with Crippen LogP contribution in [0.25, 0.3) is 71.3 Å². The number of rotatable bonds is 5. The van der Waals surface area contributed by atoms with Crippen LogP contribution in [0.2, 0.25) is 0 Å². The molecule has 0 aliphatic rings. The van der Waals surface area contributed by atoms with Gasteiger partial charge in [0, 0.05) is 32.9 Å². The molecule has 8 rings (SSSR count). The zero-order valence-electron chi connectivity index (χ0n) is 24.0. The maximum Gasteiger partial charge on any atom is 0.0641 e. The molecule has 2 heterocycles. The number of para-hydroxylation sites is 2. The number of allylic oxidation sites excluding steroid dienone is 5. The number of hydrogen-bond acceptors (Lipinski definition) is 0. The van der Waals surface area contributed by atoms with E-state index in [0.717, 1.165) is 11.3 Å². The molecule has 0 saturated carbocycles. The van der Waals surface area contributed by atoms with Gasteiger partial charge in [0.1, 0.15) is 0 Å². The minimum Gasteiger partial charge on any atom is -0.309 e. The summed E-state index contributed by atoms with van der Waals surface area (Å²) in [7, 11) is 0. The third-order valence-corrected chi connectivity index (χ3v) is 8.56. The zero-order valence-corrected chi connectivity index (χ0v) is 24.0. The quantitative estimate of drug-likeness (QED) is 0.189. The predicted octanol–water partition coefficient (Wildman–Crippen LogP) is 11.2. The summed E-state index contributed by atoms with van der Waals surface area (Å²) in [5, 5.41) is 7.53. The van der Waals surface area contributed by atoms with Gasteiger partial charge in [-0.05, 0) is 71.3 Å². The van der Waals surface area contributed by atoms with Crippen LogP contribution in [0, 0.1) is 0 Å². The van der Waals surface area contributed by atoms with Crippen molar-refractivity contribution in [2.45, 2.75) is 6.92 Å². The highest BCUT2D eigenvalue weighted by molar-refractivity contribution is 6.26. The molecule has 0 fully saturated rings. The molecule has 2 aromatic heterocycles. The average molecular weight is 551 g/mol. The van der Waals surface area contributed by atoms with E-state index in [1.54, 1.807) is 0 Å². The molecule has 43 heavy (non-hydrogen) atoms. The van der Waals surface area contributed by atoms with Crippen LogP contribution in [0.1, 0.15) is 12.5 Å². The Morgan fingerprint density at radius 1 is 0.581 bits per heavy atom. The minimum atomic E-state index is 1.14. The van der Waals surface area contributed by atoms with Crippen LogP contribution in [-0.2, 0) is 0 Å². The van der Waals surface area contributed by atoms with E-state index in [1.807, 2.05) is 13.0 Å². The second-order valence-corrected chi connectivity index (χ2v) is 11.0. The number of aromatic nitrogens is 2. The molecule has 0 amide bonds. The summed E-state index contributed by atoms with van der Waals surface area (Å²) in [4.78, 5) is 0. The van der Waals surface area contributed by atoms with Crippen molar-refractivity contribution in [3.05, 3.63) is 164 Å². The van der Waals surface area contributed by atoms with E-state index >= 15 is 0 Å². The van der Waals surface area contributed by atoms with Crippen molar-refractivity contribution in [1.29, 1.82) is 0 Å². The van der Waals surface area contributed by atoms with Crippen molar-refractivity contribution in [2.24, 2.45) is 0 Å². The van der Waals surface area contributed by atoms with Gasteiger partial charge in [0.25, 0.3) is 0 Å². The first-order valence-corrected chi connectivity index (χ1v) is 14.8. The standard InChI is InChI=1S/C41H30N2/c1-3-11-28(12-4-2)30-19-22-32(23-20-30)42-38-18-10-8-16-36(38)40-39(42)26-25-35-34-15-7-9-17-37(34)43(41(35)40)33-24-21-29-13-5-6-14-31(29)27-33/h3-27H,1H2,2H3/b12-4-,28-11+. The Hall–Kier alpha value is -5.60. The lowest BCUT2D eigenvalue weighted by atomic mass is 10.0. The molecule has 2 heteroatoms. The molecule has 0 radical (unpaired) electrons. The highest BCUT2D eigenvalue weighted by Crippen LogP contribution is 2.42. The van der Waals surface area contributed by atoms with Gasteiger partial charge in [0.05, 0.1) is 22.1 Å². The van der Waals surface area contributed by atoms with Crippen LogP contribution < -0.4 is 0 Å². The Labute approximate surface area is 250 Å². The van der Waals surface area contributed by atoms with E-state index in [4.69, 9.17) is 0 Å². The fourth-order valence-electron chi connectivity index (χ4n) is 6.73. The van der Waals surface area contributed by atoms with Crippen molar-refractivity contribution in [1.82, 2.24) is 9.13 Å². The highest BCUT2D eigenvalue weighted by atomic mass is 15.0. The van der Waals surface area contributed by atoms with E-state index in [-0.39, 0.29) is 0 Å².